The molecule has 256 valence electrons. The molecule has 0 spiro atoms. The van der Waals surface area contributed by atoms with Crippen molar-refractivity contribution in [3.05, 3.63) is 101 Å². The van der Waals surface area contributed by atoms with Crippen LogP contribution >= 0.6 is 0 Å². The maximum absolute atomic E-state index is 13.7. The number of ether oxygens (including phenoxy) is 4. The predicted octanol–water partition coefficient (Wildman–Crippen LogP) is 6.73. The van der Waals surface area contributed by atoms with Gasteiger partial charge in [-0.2, -0.15) is 0 Å². The monoisotopic (exact) mass is 672 g/mol. The lowest BCUT2D eigenvalue weighted by molar-refractivity contribution is 0.0800. The number of anilines is 1. The molecule has 2 N–H and O–H groups in total. The number of aliphatic imine (C=N–C) groups is 1. The molecule has 0 unspecified atom stereocenters. The number of carbonyl (C=O) groups excluding carboxylic acids is 2. The molecule has 4 aliphatic heterocycles. The zero-order chi connectivity index (χ0) is 34.4. The summed E-state index contributed by atoms with van der Waals surface area (Å²) in [7, 11) is 3.14. The first kappa shape index (κ1) is 31.7. The standard InChI is InChI=1S/C40H40N4O6/c1-47-35-18-32-26(5-3-6-30-15-27(24-7-8-24)22-43(30)39(32)45)17-37(35)49-13-4-14-50-38-20-34-33(19-36(38)48-2)40(46)44-23-28(16-31(44)21-42-34)25-9-11-29(41)12-10-25/h3,6,9-12,17-24,30-31H,4-5,7-8,13-16,41H2,1-2H3/b6-3+/t30-,31+/m1/s1. The molecule has 2 atom stereocenters. The highest BCUT2D eigenvalue weighted by molar-refractivity contribution is 6.05. The largest absolute Gasteiger partial charge is 0.493 e. The third-order valence-electron chi connectivity index (χ3n) is 10.1. The average molecular weight is 673 g/mol. The van der Waals surface area contributed by atoms with E-state index in [-0.39, 0.29) is 23.9 Å². The topological polar surface area (TPSA) is 116 Å². The first-order valence-corrected chi connectivity index (χ1v) is 17.2. The minimum absolute atomic E-state index is 0.00348. The Hall–Kier alpha value is -5.51. The fraction of sp³-hybridized carbons (Fsp3) is 0.325. The number of allylic oxidation sites excluding steroid dienone is 1. The molecule has 4 heterocycles. The summed E-state index contributed by atoms with van der Waals surface area (Å²) in [6.45, 7) is 0.708. The van der Waals surface area contributed by atoms with E-state index in [1.807, 2.05) is 53.7 Å². The van der Waals surface area contributed by atoms with E-state index in [1.165, 1.54) is 18.4 Å². The van der Waals surface area contributed by atoms with Gasteiger partial charge in [0.1, 0.15) is 0 Å². The molecule has 10 heteroatoms. The molecule has 1 fully saturated rings. The Morgan fingerprint density at radius 2 is 1.48 bits per heavy atom. The van der Waals surface area contributed by atoms with E-state index in [0.717, 1.165) is 23.1 Å². The van der Waals surface area contributed by atoms with Gasteiger partial charge in [0.05, 0.1) is 50.8 Å². The van der Waals surface area contributed by atoms with Crippen molar-refractivity contribution in [2.45, 2.75) is 50.6 Å². The molecule has 0 saturated heterocycles. The molecule has 1 aliphatic carbocycles. The van der Waals surface area contributed by atoms with Gasteiger partial charge in [0, 0.05) is 48.8 Å². The van der Waals surface area contributed by atoms with Crippen LogP contribution in [-0.2, 0) is 6.42 Å². The van der Waals surface area contributed by atoms with Gasteiger partial charge in [-0.3, -0.25) is 14.6 Å². The van der Waals surface area contributed by atoms with Gasteiger partial charge in [-0.15, -0.1) is 0 Å². The molecule has 50 heavy (non-hydrogen) atoms. The smallest absolute Gasteiger partial charge is 0.260 e. The minimum Gasteiger partial charge on any atom is -0.493 e. The normalized spacial score (nSPS) is 21.2. The number of methoxy groups -OCH3 is 2. The maximum Gasteiger partial charge on any atom is 0.260 e. The number of hydrogen-bond donors (Lipinski definition) is 1. The Morgan fingerprint density at radius 3 is 2.20 bits per heavy atom. The first-order valence-electron chi connectivity index (χ1n) is 17.2. The lowest BCUT2D eigenvalue weighted by Crippen LogP contribution is -2.33. The zero-order valence-corrected chi connectivity index (χ0v) is 28.3. The van der Waals surface area contributed by atoms with Crippen molar-refractivity contribution in [1.82, 2.24) is 9.80 Å². The number of hydrogen-bond acceptors (Lipinski definition) is 8. The third kappa shape index (κ3) is 5.99. The maximum atomic E-state index is 13.7. The summed E-state index contributed by atoms with van der Waals surface area (Å²) in [5.74, 6) is 2.56. The molecule has 0 radical (unpaired) electrons. The second-order valence-electron chi connectivity index (χ2n) is 13.4. The van der Waals surface area contributed by atoms with Crippen molar-refractivity contribution in [1.29, 1.82) is 0 Å². The van der Waals surface area contributed by atoms with Crippen LogP contribution in [0.2, 0.25) is 0 Å². The van der Waals surface area contributed by atoms with E-state index in [2.05, 4.69) is 18.4 Å². The van der Waals surface area contributed by atoms with E-state index in [1.54, 1.807) is 31.3 Å². The summed E-state index contributed by atoms with van der Waals surface area (Å²) < 4.78 is 23.6. The fourth-order valence-electron chi connectivity index (χ4n) is 7.19. The number of rotatable bonds is 10. The number of fused-ring (bicyclic) bond motifs is 4. The van der Waals surface area contributed by atoms with Gasteiger partial charge in [-0.1, -0.05) is 24.3 Å². The minimum atomic E-state index is -0.187. The number of nitrogen functional groups attached to an aromatic ring is 1. The molecule has 10 nitrogen and oxygen atoms in total. The number of amides is 2. The number of carbonyl (C=O) groups is 2. The van der Waals surface area contributed by atoms with E-state index in [9.17, 15) is 9.59 Å². The highest BCUT2D eigenvalue weighted by Gasteiger charge is 2.37. The lowest BCUT2D eigenvalue weighted by Gasteiger charge is -2.25. The van der Waals surface area contributed by atoms with Crippen molar-refractivity contribution >= 4 is 35.0 Å². The van der Waals surface area contributed by atoms with Gasteiger partial charge < -0.3 is 34.5 Å². The van der Waals surface area contributed by atoms with E-state index in [4.69, 9.17) is 29.7 Å². The van der Waals surface area contributed by atoms with Crippen LogP contribution in [0.4, 0.5) is 11.4 Å². The van der Waals surface area contributed by atoms with Gasteiger partial charge in [0.25, 0.3) is 11.8 Å². The Kier molecular flexibility index (Phi) is 8.30. The quantitative estimate of drug-likeness (QED) is 0.144. The van der Waals surface area contributed by atoms with Gasteiger partial charge in [0.15, 0.2) is 23.0 Å². The van der Waals surface area contributed by atoms with Crippen LogP contribution in [0.15, 0.2) is 83.6 Å². The SMILES string of the molecule is COc1cc2c(cc1OCCCOc1cc3c(cc1OC)C(=O)N1C=C(c4ccc(N)cc4)C[C@H]1C=N3)C/C=C/[C@@H]1CC(C3CC3)=CN1C2=O. The van der Waals surface area contributed by atoms with E-state index in [0.29, 0.717) is 83.9 Å². The third-order valence-corrected chi connectivity index (χ3v) is 10.1. The second kappa shape index (κ2) is 13.1. The summed E-state index contributed by atoms with van der Waals surface area (Å²) in [6, 6.07) is 14.7. The van der Waals surface area contributed by atoms with Gasteiger partial charge in [-0.25, -0.2) is 0 Å². The average Bonchev–Trinajstić information content (AvgIpc) is 3.78. The molecule has 3 aromatic carbocycles. The summed E-state index contributed by atoms with van der Waals surface area (Å²) in [5, 5.41) is 0. The number of benzene rings is 3. The molecule has 8 rings (SSSR count). The van der Waals surface area contributed by atoms with Gasteiger partial charge in [-0.05, 0) is 84.2 Å². The Balaban J connectivity index is 0.918. The van der Waals surface area contributed by atoms with Crippen LogP contribution < -0.4 is 24.7 Å². The van der Waals surface area contributed by atoms with Crippen LogP contribution in [0.3, 0.4) is 0 Å². The van der Waals surface area contributed by atoms with E-state index >= 15 is 0 Å². The molecule has 1 saturated carbocycles. The van der Waals surface area contributed by atoms with Crippen molar-refractivity contribution in [3.8, 4) is 23.0 Å². The van der Waals surface area contributed by atoms with Crippen LogP contribution in [0.1, 0.15) is 63.9 Å². The van der Waals surface area contributed by atoms with Crippen molar-refractivity contribution in [3.63, 3.8) is 0 Å². The lowest BCUT2D eigenvalue weighted by atomic mass is 9.98. The van der Waals surface area contributed by atoms with Crippen molar-refractivity contribution in [2.24, 2.45) is 10.9 Å². The molecular formula is C40H40N4O6. The Labute approximate surface area is 291 Å². The molecule has 3 aromatic rings. The van der Waals surface area contributed by atoms with Gasteiger partial charge >= 0.3 is 0 Å². The van der Waals surface area contributed by atoms with E-state index < -0.39 is 0 Å². The molecular weight excluding hydrogens is 632 g/mol. The Bertz CT molecular complexity index is 1980. The van der Waals surface area contributed by atoms with Crippen LogP contribution in [0.25, 0.3) is 5.57 Å². The van der Waals surface area contributed by atoms with Crippen LogP contribution in [0.5, 0.6) is 23.0 Å². The second-order valence-corrected chi connectivity index (χ2v) is 13.4. The first-order chi connectivity index (χ1) is 24.4. The highest BCUT2D eigenvalue weighted by Crippen LogP contribution is 2.44. The predicted molar refractivity (Wildman–Crippen MR) is 191 cm³/mol. The number of nitrogens with two attached hydrogens (primary N) is 1. The van der Waals surface area contributed by atoms with Gasteiger partial charge in [0.2, 0.25) is 0 Å². The molecule has 0 bridgehead atoms. The fourth-order valence-corrected chi connectivity index (χ4v) is 7.19. The summed E-state index contributed by atoms with van der Waals surface area (Å²) in [5.41, 5.74) is 12.6. The van der Waals surface area contributed by atoms with Crippen LogP contribution in [0, 0.1) is 5.92 Å². The molecule has 5 aliphatic rings. The summed E-state index contributed by atoms with van der Waals surface area (Å²) in [4.78, 5) is 35.7. The zero-order valence-electron chi connectivity index (χ0n) is 28.3. The van der Waals surface area contributed by atoms with Crippen molar-refractivity contribution in [2.75, 3.05) is 33.2 Å². The van der Waals surface area contributed by atoms with Crippen LogP contribution in [-0.4, -0.2) is 67.3 Å². The Morgan fingerprint density at radius 1 is 0.800 bits per heavy atom. The highest BCUT2D eigenvalue weighted by atomic mass is 16.5. The summed E-state index contributed by atoms with van der Waals surface area (Å²) >= 11 is 0. The molecule has 2 amide bonds. The summed E-state index contributed by atoms with van der Waals surface area (Å²) in [6.07, 6.45) is 15.4. The number of nitrogens with zero attached hydrogens (tertiary/aromatic N) is 3. The van der Waals surface area contributed by atoms with Crippen molar-refractivity contribution < 1.29 is 28.5 Å². The molecule has 0 aromatic heterocycles.